The van der Waals surface area contributed by atoms with Crippen LogP contribution in [0.15, 0.2) is 182 Å². The Labute approximate surface area is 300 Å². The van der Waals surface area contributed by atoms with E-state index in [4.69, 9.17) is 0 Å². The van der Waals surface area contributed by atoms with Gasteiger partial charge in [0.25, 0.3) is 0 Å². The molecule has 0 aliphatic carbocycles. The van der Waals surface area contributed by atoms with Gasteiger partial charge in [-0.15, -0.1) is 0 Å². The van der Waals surface area contributed by atoms with Gasteiger partial charge < -0.3 is 0 Å². The summed E-state index contributed by atoms with van der Waals surface area (Å²) in [6, 6.07) is 67.0. The first-order valence-corrected chi connectivity index (χ1v) is 19.2. The molecule has 11 rings (SSSR count). The van der Waals surface area contributed by atoms with Gasteiger partial charge in [0.2, 0.25) is 0 Å². The second-order valence-electron chi connectivity index (χ2n) is 13.3. The minimum atomic E-state index is 0.200. The van der Waals surface area contributed by atoms with Crippen LogP contribution in [-0.2, 0) is 0 Å². The summed E-state index contributed by atoms with van der Waals surface area (Å²) in [5.74, 6) is 0. The Bertz CT molecular complexity index is 3090. The van der Waals surface area contributed by atoms with E-state index < -0.39 is 0 Å². The van der Waals surface area contributed by atoms with Crippen LogP contribution in [0.4, 0.5) is 0 Å². The molecule has 3 heterocycles. The van der Waals surface area contributed by atoms with Crippen molar-refractivity contribution >= 4 is 77.4 Å². The number of fused-ring (bicyclic) bond motifs is 9. The molecule has 51 heavy (non-hydrogen) atoms. The van der Waals surface area contributed by atoms with E-state index in [-0.39, 0.29) is 14.5 Å². The second-order valence-corrected chi connectivity index (χ2v) is 15.5. The SMILES string of the molecule is c1ccc(-c2ccccc2-c2cccc3[se]c4cccc(-n5c6ccccc6c6ccc(-n7c8ccccc8c8ccccc87)cc65)c4c23)cc1. The second kappa shape index (κ2) is 11.2. The quantitative estimate of drug-likeness (QED) is 0.161. The number of nitrogens with zero attached hydrogens (tertiary/aromatic N) is 2. The summed E-state index contributed by atoms with van der Waals surface area (Å²) in [7, 11) is 0. The van der Waals surface area contributed by atoms with Crippen molar-refractivity contribution in [2.45, 2.75) is 0 Å². The fourth-order valence-electron chi connectivity index (χ4n) is 8.40. The zero-order valence-electron chi connectivity index (χ0n) is 27.6. The molecule has 0 bridgehead atoms. The fraction of sp³-hybridized carbons (Fsp3) is 0. The van der Waals surface area contributed by atoms with Gasteiger partial charge in [0.1, 0.15) is 0 Å². The van der Waals surface area contributed by atoms with Crippen molar-refractivity contribution in [1.29, 1.82) is 0 Å². The monoisotopic (exact) mass is 714 g/mol. The topological polar surface area (TPSA) is 9.86 Å². The normalized spacial score (nSPS) is 11.9. The van der Waals surface area contributed by atoms with Crippen LogP contribution in [0, 0.1) is 0 Å². The molecular formula is C48H30N2Se. The van der Waals surface area contributed by atoms with Crippen LogP contribution in [0.1, 0.15) is 0 Å². The molecule has 0 aliphatic heterocycles. The van der Waals surface area contributed by atoms with Crippen LogP contribution in [0.3, 0.4) is 0 Å². The standard InChI is InChI=1S/C48H30N2Se/c1-2-14-31(15-3-1)33-16-4-5-17-34(33)39-21-12-26-45-47(39)48-43(25-13-27-46(48)51-45)50-42-24-11-8-20-37(42)38-29-28-32(30-44(38)50)49-40-22-9-6-18-35(40)36-19-7-10-23-41(36)49/h1-30H. The number of hydrogen-bond donors (Lipinski definition) is 0. The third-order valence-electron chi connectivity index (χ3n) is 10.5. The fourth-order valence-corrected chi connectivity index (χ4v) is 10.8. The van der Waals surface area contributed by atoms with Crippen LogP contribution < -0.4 is 0 Å². The maximum atomic E-state index is 2.53. The van der Waals surface area contributed by atoms with E-state index >= 15 is 0 Å². The molecule has 0 saturated heterocycles. The first-order chi connectivity index (χ1) is 25.3. The van der Waals surface area contributed by atoms with Gasteiger partial charge in [0, 0.05) is 0 Å². The van der Waals surface area contributed by atoms with E-state index in [1.54, 1.807) is 0 Å². The minimum absolute atomic E-state index is 0.200. The molecule has 238 valence electrons. The molecule has 3 heteroatoms. The van der Waals surface area contributed by atoms with Crippen molar-refractivity contribution in [2.75, 3.05) is 0 Å². The van der Waals surface area contributed by atoms with Gasteiger partial charge in [-0.25, -0.2) is 0 Å². The Balaban J connectivity index is 1.24. The zero-order valence-corrected chi connectivity index (χ0v) is 29.3. The van der Waals surface area contributed by atoms with Gasteiger partial charge in [-0.05, 0) is 0 Å². The summed E-state index contributed by atoms with van der Waals surface area (Å²) in [6.07, 6.45) is 0. The third-order valence-corrected chi connectivity index (χ3v) is 12.9. The summed E-state index contributed by atoms with van der Waals surface area (Å²) >= 11 is 0.200. The van der Waals surface area contributed by atoms with Crippen molar-refractivity contribution in [1.82, 2.24) is 9.13 Å². The molecule has 3 aromatic heterocycles. The first-order valence-electron chi connectivity index (χ1n) is 17.4. The molecule has 11 aromatic rings. The number of rotatable bonds is 4. The van der Waals surface area contributed by atoms with Crippen LogP contribution in [0.2, 0.25) is 0 Å². The number of aromatic nitrogens is 2. The predicted molar refractivity (Wildman–Crippen MR) is 218 cm³/mol. The van der Waals surface area contributed by atoms with Crippen molar-refractivity contribution in [3.05, 3.63) is 182 Å². The van der Waals surface area contributed by atoms with Gasteiger partial charge in [-0.1, -0.05) is 0 Å². The number of benzene rings is 8. The van der Waals surface area contributed by atoms with E-state index in [9.17, 15) is 0 Å². The summed E-state index contributed by atoms with van der Waals surface area (Å²) < 4.78 is 7.84. The molecule has 0 spiro atoms. The molecule has 0 saturated carbocycles. The van der Waals surface area contributed by atoms with Crippen LogP contribution >= 0.6 is 0 Å². The summed E-state index contributed by atoms with van der Waals surface area (Å²) in [4.78, 5) is 0. The van der Waals surface area contributed by atoms with Crippen molar-refractivity contribution < 1.29 is 0 Å². The van der Waals surface area contributed by atoms with Crippen molar-refractivity contribution in [3.8, 4) is 33.6 Å². The zero-order chi connectivity index (χ0) is 33.5. The molecule has 0 radical (unpaired) electrons. The molecule has 0 unspecified atom stereocenters. The summed E-state index contributed by atoms with van der Waals surface area (Å²) in [5, 5.41) is 7.81. The Hall–Kier alpha value is -6.12. The molecule has 8 aromatic carbocycles. The van der Waals surface area contributed by atoms with E-state index in [1.165, 1.54) is 96.5 Å². The Morgan fingerprint density at radius 3 is 1.57 bits per heavy atom. The Morgan fingerprint density at radius 1 is 0.333 bits per heavy atom. The summed E-state index contributed by atoms with van der Waals surface area (Å²) in [5.41, 5.74) is 12.4. The molecule has 0 fully saturated rings. The number of hydrogen-bond acceptors (Lipinski definition) is 0. The first kappa shape index (κ1) is 28.7. The Kier molecular flexibility index (Phi) is 6.30. The van der Waals surface area contributed by atoms with Gasteiger partial charge in [0.05, 0.1) is 0 Å². The average molecular weight is 714 g/mol. The maximum absolute atomic E-state index is 2.53. The van der Waals surface area contributed by atoms with Crippen LogP contribution in [0.5, 0.6) is 0 Å². The Morgan fingerprint density at radius 2 is 0.863 bits per heavy atom. The molecule has 0 amide bonds. The van der Waals surface area contributed by atoms with Crippen molar-refractivity contribution in [3.63, 3.8) is 0 Å². The number of para-hydroxylation sites is 3. The predicted octanol–water partition coefficient (Wildman–Crippen LogP) is 12.6. The average Bonchev–Trinajstić information content (AvgIpc) is 3.86. The van der Waals surface area contributed by atoms with Gasteiger partial charge in [0.15, 0.2) is 0 Å². The van der Waals surface area contributed by atoms with E-state index in [0.29, 0.717) is 0 Å². The third kappa shape index (κ3) is 4.23. The van der Waals surface area contributed by atoms with E-state index in [2.05, 4.69) is 191 Å². The van der Waals surface area contributed by atoms with Gasteiger partial charge in [-0.3, -0.25) is 0 Å². The van der Waals surface area contributed by atoms with E-state index in [1.807, 2.05) is 0 Å². The molecule has 0 N–H and O–H groups in total. The molecule has 2 nitrogen and oxygen atoms in total. The summed E-state index contributed by atoms with van der Waals surface area (Å²) in [6.45, 7) is 0. The van der Waals surface area contributed by atoms with Crippen molar-refractivity contribution in [2.24, 2.45) is 0 Å². The van der Waals surface area contributed by atoms with Crippen LogP contribution in [-0.4, -0.2) is 23.6 Å². The van der Waals surface area contributed by atoms with Crippen LogP contribution in [0.25, 0.3) is 96.5 Å². The van der Waals surface area contributed by atoms with E-state index in [0.717, 1.165) is 0 Å². The molecule has 0 atom stereocenters. The van der Waals surface area contributed by atoms with Gasteiger partial charge in [-0.2, -0.15) is 0 Å². The van der Waals surface area contributed by atoms with Gasteiger partial charge >= 0.3 is 302 Å². The molecular weight excluding hydrogens is 684 g/mol. The molecule has 0 aliphatic rings.